The molecule has 1 amide bonds. The van der Waals surface area contributed by atoms with E-state index in [1.54, 1.807) is 12.1 Å². The summed E-state index contributed by atoms with van der Waals surface area (Å²) in [5, 5.41) is 18.3. The lowest BCUT2D eigenvalue weighted by atomic mass is 10.0. The first-order valence-electron chi connectivity index (χ1n) is 9.45. The summed E-state index contributed by atoms with van der Waals surface area (Å²) in [5.74, 6) is -0.328. The summed E-state index contributed by atoms with van der Waals surface area (Å²) in [4.78, 5) is 26.6. The third kappa shape index (κ3) is 4.37. The number of hydrogen-bond acceptors (Lipinski definition) is 6. The van der Waals surface area contributed by atoms with Crippen molar-refractivity contribution in [3.05, 3.63) is 42.0 Å². The van der Waals surface area contributed by atoms with Gasteiger partial charge in [-0.3, -0.25) is 4.79 Å². The van der Waals surface area contributed by atoms with Crippen LogP contribution in [0.4, 0.5) is 0 Å². The summed E-state index contributed by atoms with van der Waals surface area (Å²) in [6.07, 6.45) is 2.47. The van der Waals surface area contributed by atoms with Crippen molar-refractivity contribution in [1.82, 2.24) is 4.90 Å². The monoisotopic (exact) mass is 393 g/mol. The minimum absolute atomic E-state index is 0.209. The summed E-state index contributed by atoms with van der Waals surface area (Å²) in [5.41, 5.74) is -0.470. The van der Waals surface area contributed by atoms with Crippen LogP contribution in [0.2, 0.25) is 0 Å². The normalized spacial score (nSPS) is 16.3. The number of nitrogens with zero attached hydrogens (tertiary/aromatic N) is 2. The van der Waals surface area contributed by atoms with E-state index >= 15 is 0 Å². The van der Waals surface area contributed by atoms with Crippen LogP contribution in [0, 0.1) is 16.7 Å². The van der Waals surface area contributed by atoms with Crippen molar-refractivity contribution in [2.75, 3.05) is 13.2 Å². The van der Waals surface area contributed by atoms with E-state index in [1.807, 2.05) is 30.3 Å². The number of nitrogens with one attached hydrogen (secondary N) is 1. The van der Waals surface area contributed by atoms with Gasteiger partial charge < -0.3 is 19.8 Å². The molecule has 0 aromatic heterocycles. The van der Waals surface area contributed by atoms with Gasteiger partial charge in [-0.15, -0.1) is 0 Å². The molecule has 0 saturated carbocycles. The number of likely N-dealkylation sites (tertiary alicyclic amines) is 1. The lowest BCUT2D eigenvalue weighted by molar-refractivity contribution is -0.161. The van der Waals surface area contributed by atoms with Crippen LogP contribution in [0.5, 0.6) is 5.75 Å². The van der Waals surface area contributed by atoms with E-state index < -0.39 is 17.6 Å². The van der Waals surface area contributed by atoms with Gasteiger partial charge in [0.05, 0.1) is 0 Å². The zero-order valence-electron chi connectivity index (χ0n) is 16.5. The molecule has 0 radical (unpaired) electrons. The van der Waals surface area contributed by atoms with Crippen molar-refractivity contribution in [2.24, 2.45) is 0 Å². The molecule has 1 saturated heterocycles. The van der Waals surface area contributed by atoms with Gasteiger partial charge >= 0.3 is 5.97 Å². The third-order valence-corrected chi connectivity index (χ3v) is 4.89. The zero-order chi connectivity index (χ0) is 21.0. The fourth-order valence-electron chi connectivity index (χ4n) is 3.42. The standard InChI is InChI=1S/C22H23N3O4/c1-22(2,14-24)29-21(27)18-8-5-11-25(18)20(26)13-28-19-10-9-15(12-23)16-6-3-4-7-17(16)19/h3-4,6-7,9-10,12,18,23H,5,8,11,13H2,1-2H3. The van der Waals surface area contributed by atoms with Gasteiger partial charge in [-0.05, 0) is 44.2 Å². The number of amides is 1. The van der Waals surface area contributed by atoms with Crippen LogP contribution in [0.15, 0.2) is 36.4 Å². The Bertz CT molecular complexity index is 993. The van der Waals surface area contributed by atoms with E-state index in [4.69, 9.17) is 20.1 Å². The molecule has 1 fully saturated rings. The molecule has 1 unspecified atom stereocenters. The summed E-state index contributed by atoms with van der Waals surface area (Å²) in [7, 11) is 0. The van der Waals surface area contributed by atoms with Crippen molar-refractivity contribution >= 4 is 28.9 Å². The van der Waals surface area contributed by atoms with E-state index in [0.717, 1.165) is 16.3 Å². The van der Waals surface area contributed by atoms with Gasteiger partial charge in [0.1, 0.15) is 17.9 Å². The number of hydrogen-bond donors (Lipinski definition) is 1. The number of ether oxygens (including phenoxy) is 2. The van der Waals surface area contributed by atoms with Crippen LogP contribution < -0.4 is 4.74 Å². The molecule has 7 nitrogen and oxygen atoms in total. The van der Waals surface area contributed by atoms with E-state index in [9.17, 15) is 9.59 Å². The molecule has 0 spiro atoms. The van der Waals surface area contributed by atoms with Gasteiger partial charge in [0.15, 0.2) is 12.2 Å². The summed E-state index contributed by atoms with van der Waals surface area (Å²) in [6, 6.07) is 12.3. The van der Waals surface area contributed by atoms with Crippen LogP contribution in [0.3, 0.4) is 0 Å². The second-order valence-electron chi connectivity index (χ2n) is 7.42. The van der Waals surface area contributed by atoms with Crippen LogP contribution in [-0.4, -0.2) is 47.8 Å². The molecule has 1 aliphatic heterocycles. The average Bonchev–Trinajstić information content (AvgIpc) is 3.21. The van der Waals surface area contributed by atoms with Crippen molar-refractivity contribution in [2.45, 2.75) is 38.3 Å². The maximum Gasteiger partial charge on any atom is 0.330 e. The molecule has 29 heavy (non-hydrogen) atoms. The highest BCUT2D eigenvalue weighted by molar-refractivity contribution is 6.01. The number of carbonyl (C=O) groups is 2. The molecule has 150 valence electrons. The van der Waals surface area contributed by atoms with Crippen molar-refractivity contribution in [1.29, 1.82) is 10.7 Å². The Labute approximate surface area is 169 Å². The van der Waals surface area contributed by atoms with Gasteiger partial charge in [0, 0.05) is 23.7 Å². The first kappa shape index (κ1) is 20.3. The minimum Gasteiger partial charge on any atom is -0.483 e. The Morgan fingerprint density at radius 2 is 2.00 bits per heavy atom. The van der Waals surface area contributed by atoms with E-state index in [2.05, 4.69) is 0 Å². The highest BCUT2D eigenvalue weighted by Gasteiger charge is 2.37. The predicted molar refractivity (Wildman–Crippen MR) is 108 cm³/mol. The molecule has 1 atom stereocenters. The second kappa shape index (κ2) is 8.31. The highest BCUT2D eigenvalue weighted by atomic mass is 16.6. The van der Waals surface area contributed by atoms with Gasteiger partial charge in [0.25, 0.3) is 5.91 Å². The first-order chi connectivity index (χ1) is 13.9. The smallest absolute Gasteiger partial charge is 0.330 e. The molecule has 1 heterocycles. The lowest BCUT2D eigenvalue weighted by Crippen LogP contribution is -2.45. The molecular formula is C22H23N3O4. The largest absolute Gasteiger partial charge is 0.483 e. The highest BCUT2D eigenvalue weighted by Crippen LogP contribution is 2.28. The Morgan fingerprint density at radius 1 is 1.28 bits per heavy atom. The van der Waals surface area contributed by atoms with Gasteiger partial charge in [-0.25, -0.2) is 4.79 Å². The molecule has 0 bridgehead atoms. The first-order valence-corrected chi connectivity index (χ1v) is 9.45. The van der Waals surface area contributed by atoms with Gasteiger partial charge in [0.2, 0.25) is 0 Å². The molecule has 0 aliphatic carbocycles. The Morgan fingerprint density at radius 3 is 2.69 bits per heavy atom. The van der Waals surface area contributed by atoms with Gasteiger partial charge in [-0.2, -0.15) is 5.26 Å². The number of rotatable bonds is 6. The lowest BCUT2D eigenvalue weighted by Gasteiger charge is -2.26. The fraction of sp³-hybridized carbons (Fsp3) is 0.364. The summed E-state index contributed by atoms with van der Waals surface area (Å²) < 4.78 is 11.0. The maximum absolute atomic E-state index is 12.7. The molecule has 2 aromatic carbocycles. The van der Waals surface area contributed by atoms with E-state index in [0.29, 0.717) is 25.1 Å². The molecule has 1 N–H and O–H groups in total. The topological polar surface area (TPSA) is 103 Å². The quantitative estimate of drug-likeness (QED) is 0.600. The number of fused-ring (bicyclic) bond motifs is 1. The Hall–Kier alpha value is -3.40. The zero-order valence-corrected chi connectivity index (χ0v) is 16.5. The van der Waals surface area contributed by atoms with Crippen molar-refractivity contribution in [3.8, 4) is 11.8 Å². The second-order valence-corrected chi connectivity index (χ2v) is 7.42. The van der Waals surface area contributed by atoms with Crippen LogP contribution in [0.1, 0.15) is 32.3 Å². The maximum atomic E-state index is 12.7. The summed E-state index contributed by atoms with van der Waals surface area (Å²) in [6.45, 7) is 3.26. The minimum atomic E-state index is -1.24. The molecule has 7 heteroatoms. The van der Waals surface area contributed by atoms with Crippen molar-refractivity contribution < 1.29 is 19.1 Å². The Balaban J connectivity index is 1.71. The van der Waals surface area contributed by atoms with Crippen molar-refractivity contribution in [3.63, 3.8) is 0 Å². The fourth-order valence-corrected chi connectivity index (χ4v) is 3.42. The third-order valence-electron chi connectivity index (χ3n) is 4.89. The average molecular weight is 393 g/mol. The number of benzene rings is 2. The van der Waals surface area contributed by atoms with E-state index in [1.165, 1.54) is 25.0 Å². The number of esters is 1. The number of carbonyl (C=O) groups excluding carboxylic acids is 2. The molecule has 2 aromatic rings. The Kier molecular flexibility index (Phi) is 5.83. The molecular weight excluding hydrogens is 370 g/mol. The van der Waals surface area contributed by atoms with Crippen LogP contribution >= 0.6 is 0 Å². The van der Waals surface area contributed by atoms with Gasteiger partial charge in [-0.1, -0.05) is 24.3 Å². The van der Waals surface area contributed by atoms with Crippen LogP contribution in [0.25, 0.3) is 10.8 Å². The van der Waals surface area contributed by atoms with E-state index in [-0.39, 0.29) is 12.5 Å². The SMILES string of the molecule is CC(C)(C#N)OC(=O)C1CCCN1C(=O)COc1ccc(C=N)c2ccccc12. The number of nitriles is 1. The molecule has 1 aliphatic rings. The molecule has 3 rings (SSSR count). The summed E-state index contributed by atoms with van der Waals surface area (Å²) >= 11 is 0. The van der Waals surface area contributed by atoms with Crippen LogP contribution in [-0.2, 0) is 14.3 Å². The predicted octanol–water partition coefficient (Wildman–Crippen LogP) is 3.05.